The van der Waals surface area contributed by atoms with Gasteiger partial charge in [-0.2, -0.15) is 4.31 Å². The van der Waals surface area contributed by atoms with Crippen LogP contribution in [-0.4, -0.2) is 31.2 Å². The van der Waals surface area contributed by atoms with E-state index in [1.807, 2.05) is 0 Å². The van der Waals surface area contributed by atoms with Gasteiger partial charge in [-0.3, -0.25) is 0 Å². The van der Waals surface area contributed by atoms with Gasteiger partial charge in [0.05, 0.1) is 5.02 Å². The standard InChI is InChI=1S/C12H14Cl3NO2S/c13-8-10-3-1-2-6-16(10)19(17,18)12-7-9(14)4-5-11(12)15/h4-5,7,10H,1-3,6,8H2. The Kier molecular flexibility index (Phi) is 5.01. The Labute approximate surface area is 128 Å². The lowest BCUT2D eigenvalue weighted by molar-refractivity contribution is 0.271. The lowest BCUT2D eigenvalue weighted by atomic mass is 10.1. The van der Waals surface area contributed by atoms with Crippen LogP contribution in [0.1, 0.15) is 19.3 Å². The molecule has 0 aromatic heterocycles. The monoisotopic (exact) mass is 341 g/mol. The molecule has 0 amide bonds. The number of nitrogens with zero attached hydrogens (tertiary/aromatic N) is 1. The van der Waals surface area contributed by atoms with E-state index in [1.165, 1.54) is 16.4 Å². The summed E-state index contributed by atoms with van der Waals surface area (Å²) in [5, 5.41) is 0.533. The van der Waals surface area contributed by atoms with E-state index in [4.69, 9.17) is 34.8 Å². The maximum atomic E-state index is 12.7. The molecule has 106 valence electrons. The molecule has 1 aromatic carbocycles. The molecule has 1 heterocycles. The molecule has 3 nitrogen and oxygen atoms in total. The van der Waals surface area contributed by atoms with Gasteiger partial charge in [-0.15, -0.1) is 11.6 Å². The first kappa shape index (κ1) is 15.4. The highest BCUT2D eigenvalue weighted by Crippen LogP contribution is 2.31. The zero-order chi connectivity index (χ0) is 14.0. The average Bonchev–Trinajstić information content (AvgIpc) is 2.41. The van der Waals surface area contributed by atoms with E-state index in [9.17, 15) is 8.42 Å². The largest absolute Gasteiger partial charge is 0.244 e. The molecule has 1 aromatic rings. The first-order valence-electron chi connectivity index (χ1n) is 5.99. The molecule has 0 N–H and O–H groups in total. The van der Waals surface area contributed by atoms with E-state index in [1.54, 1.807) is 6.07 Å². The number of alkyl halides is 1. The summed E-state index contributed by atoms with van der Waals surface area (Å²) in [7, 11) is -3.64. The Bertz CT molecular complexity index is 562. The Morgan fingerprint density at radius 2 is 2.00 bits per heavy atom. The average molecular weight is 343 g/mol. The van der Waals surface area contributed by atoms with Gasteiger partial charge in [-0.1, -0.05) is 29.6 Å². The molecule has 0 radical (unpaired) electrons. The van der Waals surface area contributed by atoms with Crippen molar-refractivity contribution in [1.29, 1.82) is 0 Å². The predicted molar refractivity (Wildman–Crippen MR) is 78.7 cm³/mol. The molecule has 0 saturated carbocycles. The molecule has 1 aliphatic heterocycles. The highest BCUT2D eigenvalue weighted by atomic mass is 35.5. The van der Waals surface area contributed by atoms with E-state index in [0.29, 0.717) is 11.6 Å². The van der Waals surface area contributed by atoms with Crippen molar-refractivity contribution in [2.24, 2.45) is 0 Å². The molecule has 1 saturated heterocycles. The van der Waals surface area contributed by atoms with E-state index in [2.05, 4.69) is 0 Å². The van der Waals surface area contributed by atoms with Crippen molar-refractivity contribution in [2.75, 3.05) is 12.4 Å². The number of sulfonamides is 1. The van der Waals surface area contributed by atoms with Gasteiger partial charge in [0.2, 0.25) is 10.0 Å². The number of hydrogen-bond donors (Lipinski definition) is 0. The smallest absolute Gasteiger partial charge is 0.207 e. The zero-order valence-electron chi connectivity index (χ0n) is 10.2. The SMILES string of the molecule is O=S(=O)(c1cc(Cl)ccc1Cl)N1CCCCC1CCl. The number of piperidine rings is 1. The van der Waals surface area contributed by atoms with E-state index in [0.717, 1.165) is 19.3 Å². The minimum absolute atomic E-state index is 0.0543. The van der Waals surface area contributed by atoms with Crippen molar-refractivity contribution >= 4 is 44.8 Å². The number of halogens is 3. The third-order valence-electron chi connectivity index (χ3n) is 3.23. The first-order valence-corrected chi connectivity index (χ1v) is 8.72. The van der Waals surface area contributed by atoms with E-state index >= 15 is 0 Å². The fourth-order valence-corrected chi connectivity index (χ4v) is 5.08. The maximum Gasteiger partial charge on any atom is 0.244 e. The van der Waals surface area contributed by atoms with Gasteiger partial charge >= 0.3 is 0 Å². The lowest BCUT2D eigenvalue weighted by Crippen LogP contribution is -2.44. The predicted octanol–water partition coefficient (Wildman–Crippen LogP) is 3.78. The van der Waals surface area contributed by atoms with Crippen molar-refractivity contribution < 1.29 is 8.42 Å². The molecule has 19 heavy (non-hydrogen) atoms. The molecular weight excluding hydrogens is 329 g/mol. The van der Waals surface area contributed by atoms with Gasteiger partial charge in [0, 0.05) is 23.5 Å². The van der Waals surface area contributed by atoms with Crippen LogP contribution in [0.3, 0.4) is 0 Å². The molecule has 0 spiro atoms. The number of benzene rings is 1. The summed E-state index contributed by atoms with van der Waals surface area (Å²) in [6.45, 7) is 0.475. The van der Waals surface area contributed by atoms with Crippen LogP contribution in [0.15, 0.2) is 23.1 Å². The van der Waals surface area contributed by atoms with Crippen molar-refractivity contribution in [3.8, 4) is 0 Å². The first-order chi connectivity index (χ1) is 8.96. The molecule has 7 heteroatoms. The topological polar surface area (TPSA) is 37.4 Å². The Balaban J connectivity index is 2.43. The second-order valence-electron chi connectivity index (χ2n) is 4.49. The minimum atomic E-state index is -3.64. The van der Waals surface area contributed by atoms with Crippen LogP contribution in [0.5, 0.6) is 0 Å². The molecule has 1 atom stereocenters. The van der Waals surface area contributed by atoms with Crippen molar-refractivity contribution in [3.63, 3.8) is 0 Å². The van der Waals surface area contributed by atoms with Crippen LogP contribution in [0.25, 0.3) is 0 Å². The fourth-order valence-electron chi connectivity index (χ4n) is 2.25. The van der Waals surface area contributed by atoms with Gasteiger partial charge in [0.1, 0.15) is 4.90 Å². The van der Waals surface area contributed by atoms with E-state index < -0.39 is 10.0 Å². The molecule has 1 unspecified atom stereocenters. The van der Waals surface area contributed by atoms with Crippen molar-refractivity contribution in [2.45, 2.75) is 30.2 Å². The second-order valence-corrected chi connectivity index (χ2v) is 7.51. The normalized spacial score (nSPS) is 21.5. The summed E-state index contributed by atoms with van der Waals surface area (Å²) in [4.78, 5) is 0.0543. The van der Waals surface area contributed by atoms with Gasteiger partial charge in [0.15, 0.2) is 0 Å². The molecule has 0 bridgehead atoms. The quantitative estimate of drug-likeness (QED) is 0.784. The third-order valence-corrected chi connectivity index (χ3v) is 6.26. The zero-order valence-corrected chi connectivity index (χ0v) is 13.2. The summed E-state index contributed by atoms with van der Waals surface area (Å²) in [6, 6.07) is 4.28. The van der Waals surface area contributed by atoms with E-state index in [-0.39, 0.29) is 21.8 Å². The molecule has 1 aliphatic rings. The molecule has 1 fully saturated rings. The second kappa shape index (κ2) is 6.19. The van der Waals surface area contributed by atoms with Gasteiger partial charge in [-0.05, 0) is 31.0 Å². The third kappa shape index (κ3) is 3.19. The van der Waals surface area contributed by atoms with Crippen LogP contribution < -0.4 is 0 Å². The van der Waals surface area contributed by atoms with Crippen LogP contribution in [0.2, 0.25) is 10.0 Å². The van der Waals surface area contributed by atoms with Crippen LogP contribution >= 0.6 is 34.8 Å². The van der Waals surface area contributed by atoms with Crippen LogP contribution in [-0.2, 0) is 10.0 Å². The highest BCUT2D eigenvalue weighted by molar-refractivity contribution is 7.89. The van der Waals surface area contributed by atoms with Crippen molar-refractivity contribution in [1.82, 2.24) is 4.31 Å². The summed E-state index contributed by atoms with van der Waals surface area (Å²) in [5.74, 6) is 0.289. The fraction of sp³-hybridized carbons (Fsp3) is 0.500. The summed E-state index contributed by atoms with van der Waals surface area (Å²) in [6.07, 6.45) is 2.61. The van der Waals surface area contributed by atoms with Gasteiger partial charge < -0.3 is 0 Å². The lowest BCUT2D eigenvalue weighted by Gasteiger charge is -2.33. The number of rotatable bonds is 3. The maximum absolute atomic E-state index is 12.7. The molecular formula is C12H14Cl3NO2S. The van der Waals surface area contributed by atoms with Gasteiger partial charge in [0.25, 0.3) is 0 Å². The Morgan fingerprint density at radius 3 is 2.68 bits per heavy atom. The van der Waals surface area contributed by atoms with Crippen molar-refractivity contribution in [3.05, 3.63) is 28.2 Å². The van der Waals surface area contributed by atoms with Gasteiger partial charge in [-0.25, -0.2) is 8.42 Å². The van der Waals surface area contributed by atoms with Crippen LogP contribution in [0, 0.1) is 0 Å². The summed E-state index contributed by atoms with van der Waals surface area (Å²) >= 11 is 17.7. The summed E-state index contributed by atoms with van der Waals surface area (Å²) in [5.41, 5.74) is 0. The van der Waals surface area contributed by atoms with Crippen LogP contribution in [0.4, 0.5) is 0 Å². The Hall–Kier alpha value is -0.0000000000000000555. The molecule has 2 rings (SSSR count). The minimum Gasteiger partial charge on any atom is -0.207 e. The summed E-state index contributed by atoms with van der Waals surface area (Å²) < 4.78 is 26.8. The number of hydrogen-bond acceptors (Lipinski definition) is 2. The molecule has 0 aliphatic carbocycles. The Morgan fingerprint density at radius 1 is 1.26 bits per heavy atom. The highest BCUT2D eigenvalue weighted by Gasteiger charge is 2.34.